The van der Waals surface area contributed by atoms with E-state index in [0.717, 1.165) is 5.56 Å². The van der Waals surface area contributed by atoms with Crippen molar-refractivity contribution in [3.05, 3.63) is 96.1 Å². The van der Waals surface area contributed by atoms with E-state index in [4.69, 9.17) is 0 Å². The summed E-state index contributed by atoms with van der Waals surface area (Å²) >= 11 is 0. The summed E-state index contributed by atoms with van der Waals surface area (Å²) in [6, 6.07) is 20.6. The Morgan fingerprint density at radius 3 is 2.00 bits per heavy atom. The van der Waals surface area contributed by atoms with E-state index < -0.39 is 0 Å². The van der Waals surface area contributed by atoms with E-state index in [-0.39, 0.29) is 5.41 Å². The molecule has 2 aromatic carbocycles. The Hall–Kier alpha value is -2.52. The molecule has 3 rings (SSSR count). The molecule has 0 heteroatoms. The van der Waals surface area contributed by atoms with Crippen molar-refractivity contribution in [2.45, 2.75) is 12.3 Å². The van der Waals surface area contributed by atoms with Gasteiger partial charge in [-0.15, -0.1) is 0 Å². The molecule has 0 aromatic heterocycles. The van der Waals surface area contributed by atoms with Crippen LogP contribution in [0.15, 0.2) is 85.0 Å². The molecular formula is C21H18. The third-order valence-corrected chi connectivity index (χ3v) is 3.76. The van der Waals surface area contributed by atoms with Gasteiger partial charge in [0, 0.05) is 5.56 Å². The lowest BCUT2D eigenvalue weighted by molar-refractivity contribution is 0.803. The lowest BCUT2D eigenvalue weighted by Gasteiger charge is -2.25. The van der Waals surface area contributed by atoms with E-state index in [2.05, 4.69) is 67.3 Å². The molecule has 2 aromatic rings. The summed E-state index contributed by atoms with van der Waals surface area (Å²) < 4.78 is 0. The van der Waals surface area contributed by atoms with Gasteiger partial charge in [0.2, 0.25) is 0 Å². The van der Waals surface area contributed by atoms with Crippen LogP contribution in [0.1, 0.15) is 18.1 Å². The Morgan fingerprint density at radius 2 is 1.38 bits per heavy atom. The molecule has 0 N–H and O–H groups in total. The van der Waals surface area contributed by atoms with Gasteiger partial charge in [-0.2, -0.15) is 0 Å². The van der Waals surface area contributed by atoms with Gasteiger partial charge in [-0.25, -0.2) is 0 Å². The molecule has 0 amide bonds. The van der Waals surface area contributed by atoms with Crippen LogP contribution in [0.5, 0.6) is 0 Å². The molecule has 0 aliphatic heterocycles. The molecule has 0 saturated heterocycles. The third kappa shape index (κ3) is 2.98. The van der Waals surface area contributed by atoms with E-state index in [1.54, 1.807) is 0 Å². The minimum absolute atomic E-state index is 0.316. The van der Waals surface area contributed by atoms with Gasteiger partial charge in [-0.1, -0.05) is 91.6 Å². The molecule has 0 bridgehead atoms. The molecule has 0 spiro atoms. The highest BCUT2D eigenvalue weighted by atomic mass is 14.3. The first kappa shape index (κ1) is 13.5. The summed E-state index contributed by atoms with van der Waals surface area (Å²) in [5.74, 6) is 7.25. The second-order valence-corrected chi connectivity index (χ2v) is 5.43. The first-order chi connectivity index (χ1) is 10.3. The van der Waals surface area contributed by atoms with Crippen LogP contribution >= 0.6 is 0 Å². The lowest BCUT2D eigenvalue weighted by atomic mass is 9.76. The fraction of sp³-hybridized carbons (Fsp3) is 0.143. The van der Waals surface area contributed by atoms with Crippen LogP contribution in [-0.2, 0) is 5.41 Å². The van der Waals surface area contributed by atoms with Gasteiger partial charge in [-0.05, 0) is 23.6 Å². The van der Waals surface area contributed by atoms with Crippen LogP contribution in [0.4, 0.5) is 0 Å². The van der Waals surface area contributed by atoms with Crippen LogP contribution in [-0.4, -0.2) is 0 Å². The third-order valence-electron chi connectivity index (χ3n) is 3.76. The summed E-state index contributed by atoms with van der Waals surface area (Å²) in [4.78, 5) is 0. The number of benzene rings is 2. The summed E-state index contributed by atoms with van der Waals surface area (Å²) in [6.07, 6.45) is 8.91. The maximum Gasteiger partial charge on any atom is 0.0927 e. The Morgan fingerprint density at radius 1 is 0.810 bits per heavy atom. The zero-order valence-corrected chi connectivity index (χ0v) is 12.2. The van der Waals surface area contributed by atoms with Crippen molar-refractivity contribution in [2.24, 2.45) is 5.92 Å². The van der Waals surface area contributed by atoms with E-state index >= 15 is 0 Å². The highest BCUT2D eigenvalue weighted by Crippen LogP contribution is 2.31. The van der Waals surface area contributed by atoms with Crippen molar-refractivity contribution in [1.29, 1.82) is 0 Å². The largest absolute Gasteiger partial charge is 0.0927 e. The van der Waals surface area contributed by atoms with Crippen molar-refractivity contribution in [1.82, 2.24) is 0 Å². The van der Waals surface area contributed by atoms with E-state index in [9.17, 15) is 0 Å². The van der Waals surface area contributed by atoms with Gasteiger partial charge in [0.05, 0.1) is 5.41 Å². The van der Waals surface area contributed by atoms with Gasteiger partial charge < -0.3 is 0 Å². The number of hydrogen-bond donors (Lipinski definition) is 0. The zero-order valence-electron chi connectivity index (χ0n) is 12.2. The standard InChI is InChI=1S/C21H18/c1-18-12-15-21(16-13-18,20-10-6-3-7-11-20)17-14-19-8-4-2-5-9-19/h2-13,15-16,18H,1H3. The fourth-order valence-corrected chi connectivity index (χ4v) is 2.49. The van der Waals surface area contributed by atoms with Gasteiger partial charge in [-0.3, -0.25) is 0 Å². The monoisotopic (exact) mass is 270 g/mol. The van der Waals surface area contributed by atoms with Crippen molar-refractivity contribution in [2.75, 3.05) is 0 Å². The van der Waals surface area contributed by atoms with Gasteiger partial charge in [0.25, 0.3) is 0 Å². The Balaban J connectivity index is 2.05. The summed E-state index contributed by atoms with van der Waals surface area (Å²) in [5, 5.41) is 0. The van der Waals surface area contributed by atoms with Crippen LogP contribution in [0.3, 0.4) is 0 Å². The Kier molecular flexibility index (Phi) is 3.75. The van der Waals surface area contributed by atoms with Gasteiger partial charge in [0.15, 0.2) is 0 Å². The minimum atomic E-state index is -0.316. The average Bonchev–Trinajstić information content (AvgIpc) is 2.57. The summed E-state index contributed by atoms with van der Waals surface area (Å²) in [5.41, 5.74) is 1.95. The highest BCUT2D eigenvalue weighted by Gasteiger charge is 2.26. The number of rotatable bonds is 1. The second kappa shape index (κ2) is 5.85. The minimum Gasteiger partial charge on any atom is -0.0797 e. The van der Waals surface area contributed by atoms with Crippen molar-refractivity contribution < 1.29 is 0 Å². The molecule has 0 nitrogen and oxygen atoms in total. The highest BCUT2D eigenvalue weighted by molar-refractivity contribution is 5.51. The first-order valence-electron chi connectivity index (χ1n) is 7.31. The van der Waals surface area contributed by atoms with Crippen LogP contribution in [0.25, 0.3) is 0 Å². The molecule has 0 atom stereocenters. The molecule has 0 heterocycles. The predicted octanol–water partition coefficient (Wildman–Crippen LogP) is 4.74. The number of allylic oxidation sites excluding steroid dienone is 4. The topological polar surface area (TPSA) is 0 Å². The van der Waals surface area contributed by atoms with Crippen molar-refractivity contribution >= 4 is 0 Å². The van der Waals surface area contributed by atoms with E-state index in [0.29, 0.717) is 5.92 Å². The zero-order chi connectivity index (χ0) is 14.5. The van der Waals surface area contributed by atoms with Crippen molar-refractivity contribution in [3.63, 3.8) is 0 Å². The molecule has 1 aliphatic carbocycles. The predicted molar refractivity (Wildman–Crippen MR) is 88.9 cm³/mol. The quantitative estimate of drug-likeness (QED) is 0.519. The Labute approximate surface area is 126 Å². The van der Waals surface area contributed by atoms with Crippen LogP contribution < -0.4 is 0 Å². The summed E-state index contributed by atoms with van der Waals surface area (Å²) in [7, 11) is 0. The van der Waals surface area contributed by atoms with Gasteiger partial charge in [0.1, 0.15) is 0 Å². The molecule has 0 saturated carbocycles. The normalized spacial score (nSPS) is 23.4. The maximum atomic E-state index is 3.46. The van der Waals surface area contributed by atoms with E-state index in [1.165, 1.54) is 5.56 Å². The van der Waals surface area contributed by atoms with Crippen LogP contribution in [0, 0.1) is 17.8 Å². The summed E-state index contributed by atoms with van der Waals surface area (Å²) in [6.45, 7) is 2.19. The smallest absolute Gasteiger partial charge is 0.0797 e. The molecule has 1 aliphatic rings. The van der Waals surface area contributed by atoms with Gasteiger partial charge >= 0.3 is 0 Å². The molecular weight excluding hydrogens is 252 g/mol. The molecule has 0 radical (unpaired) electrons. The first-order valence-corrected chi connectivity index (χ1v) is 7.31. The SMILES string of the molecule is CC1C=CC(C#Cc2ccccc2)(c2ccccc2)C=C1. The lowest BCUT2D eigenvalue weighted by Crippen LogP contribution is -2.21. The molecule has 0 fully saturated rings. The molecule has 102 valence electrons. The Bertz CT molecular complexity index is 695. The van der Waals surface area contributed by atoms with Crippen LogP contribution in [0.2, 0.25) is 0 Å². The fourth-order valence-electron chi connectivity index (χ4n) is 2.49. The van der Waals surface area contributed by atoms with Crippen molar-refractivity contribution in [3.8, 4) is 11.8 Å². The van der Waals surface area contributed by atoms with E-state index in [1.807, 2.05) is 36.4 Å². The number of hydrogen-bond acceptors (Lipinski definition) is 0. The maximum absolute atomic E-state index is 3.46. The average molecular weight is 270 g/mol. The molecule has 0 unspecified atom stereocenters. The second-order valence-electron chi connectivity index (χ2n) is 5.43. The molecule has 21 heavy (non-hydrogen) atoms.